The molecule has 1 aromatic heterocycles. The van der Waals surface area contributed by atoms with E-state index >= 15 is 0 Å². The summed E-state index contributed by atoms with van der Waals surface area (Å²) in [7, 11) is -4.27. The molecule has 1 aromatic rings. The molecule has 1 heterocycles. The van der Waals surface area contributed by atoms with E-state index < -0.39 is 13.8 Å². The number of hydrogen-bond donors (Lipinski definition) is 0. The van der Waals surface area contributed by atoms with Crippen LogP contribution < -0.4 is 4.57 Å². The number of aryl methyl sites for hydroxylation is 1. The standard InChI is InChI=1S/C6H9F2N2.BF4/c1-5-9(2)3-4-10(5)6(7)8;2-1(3,4)5/h3-4,6H,1-2H3;/q+1;-1. The predicted molar refractivity (Wildman–Crippen MR) is 41.8 cm³/mol. The molecule has 88 valence electrons. The van der Waals surface area contributed by atoms with Crippen LogP contribution in [0.4, 0.5) is 26.0 Å². The van der Waals surface area contributed by atoms with Gasteiger partial charge in [0, 0.05) is 6.92 Å². The molecule has 0 radical (unpaired) electrons. The predicted octanol–water partition coefficient (Wildman–Crippen LogP) is 2.32. The molecule has 0 N–H and O–H groups in total. The number of halogens is 6. The van der Waals surface area contributed by atoms with Gasteiger partial charge in [-0.1, -0.05) is 0 Å². The first-order chi connectivity index (χ1) is 6.63. The highest BCUT2D eigenvalue weighted by Gasteiger charge is 2.20. The Bertz CT molecular complexity index is 301. The minimum atomic E-state index is -6.00. The van der Waals surface area contributed by atoms with Gasteiger partial charge >= 0.3 is 13.8 Å². The maximum Gasteiger partial charge on any atom is 0.673 e. The van der Waals surface area contributed by atoms with Crippen LogP contribution in [0.5, 0.6) is 0 Å². The van der Waals surface area contributed by atoms with Gasteiger partial charge in [0.15, 0.2) is 0 Å². The third-order valence-electron chi connectivity index (χ3n) is 1.55. The van der Waals surface area contributed by atoms with Crippen LogP contribution in [0.25, 0.3) is 0 Å². The van der Waals surface area contributed by atoms with E-state index in [2.05, 4.69) is 0 Å². The second kappa shape index (κ2) is 5.08. The third-order valence-corrected chi connectivity index (χ3v) is 1.55. The summed E-state index contributed by atoms with van der Waals surface area (Å²) in [5, 5.41) is 0. The average molecular weight is 234 g/mol. The van der Waals surface area contributed by atoms with Crippen molar-refractivity contribution in [1.29, 1.82) is 0 Å². The van der Waals surface area contributed by atoms with E-state index in [0.717, 1.165) is 4.57 Å². The zero-order valence-corrected chi connectivity index (χ0v) is 7.97. The largest absolute Gasteiger partial charge is 0.673 e. The first-order valence-electron chi connectivity index (χ1n) is 3.81. The fraction of sp³-hybridized carbons (Fsp3) is 0.500. The number of nitrogens with zero attached hydrogens (tertiary/aromatic N) is 2. The smallest absolute Gasteiger partial charge is 0.418 e. The first-order valence-corrected chi connectivity index (χ1v) is 3.81. The van der Waals surface area contributed by atoms with Gasteiger partial charge in [-0.25, -0.2) is 4.57 Å². The second-order valence-electron chi connectivity index (χ2n) is 2.64. The van der Waals surface area contributed by atoms with Crippen molar-refractivity contribution in [3.8, 4) is 0 Å². The molecule has 15 heavy (non-hydrogen) atoms. The Morgan fingerprint density at radius 2 is 1.67 bits per heavy atom. The molecular weight excluding hydrogens is 225 g/mol. The van der Waals surface area contributed by atoms with Crippen molar-refractivity contribution in [2.45, 2.75) is 13.5 Å². The number of hydrogen-bond acceptors (Lipinski definition) is 0. The third kappa shape index (κ3) is 6.03. The zero-order valence-electron chi connectivity index (χ0n) is 7.97. The normalized spacial score (nSPS) is 11.3. The quantitative estimate of drug-likeness (QED) is 0.400. The second-order valence-corrected chi connectivity index (χ2v) is 2.64. The summed E-state index contributed by atoms with van der Waals surface area (Å²) in [6, 6.07) is 0. The van der Waals surface area contributed by atoms with E-state index in [1.165, 1.54) is 6.20 Å². The van der Waals surface area contributed by atoms with Crippen molar-refractivity contribution >= 4 is 7.25 Å². The molecule has 0 amide bonds. The summed E-state index contributed by atoms with van der Waals surface area (Å²) in [5.74, 6) is 0.551. The van der Waals surface area contributed by atoms with Crippen LogP contribution in [0.15, 0.2) is 12.4 Å². The molecule has 0 spiro atoms. The highest BCUT2D eigenvalue weighted by molar-refractivity contribution is 6.50. The summed E-state index contributed by atoms with van der Waals surface area (Å²) in [5.41, 5.74) is 0. The van der Waals surface area contributed by atoms with Crippen LogP contribution in [0.1, 0.15) is 12.4 Å². The van der Waals surface area contributed by atoms with E-state index in [0.29, 0.717) is 5.82 Å². The van der Waals surface area contributed by atoms with E-state index in [4.69, 9.17) is 0 Å². The molecule has 2 nitrogen and oxygen atoms in total. The molecule has 0 saturated heterocycles. The molecule has 1 rings (SSSR count). The van der Waals surface area contributed by atoms with Gasteiger partial charge in [0.1, 0.15) is 12.4 Å². The minimum absolute atomic E-state index is 0.551. The molecular formula is C6H9BF6N2. The fourth-order valence-electron chi connectivity index (χ4n) is 0.776. The van der Waals surface area contributed by atoms with E-state index in [1.54, 1.807) is 24.7 Å². The van der Waals surface area contributed by atoms with Gasteiger partial charge in [0.05, 0.1) is 7.05 Å². The van der Waals surface area contributed by atoms with Gasteiger partial charge in [0.2, 0.25) is 0 Å². The lowest BCUT2D eigenvalue weighted by atomic mass is 10.3. The fourth-order valence-corrected chi connectivity index (χ4v) is 0.776. The van der Waals surface area contributed by atoms with Gasteiger partial charge in [-0.3, -0.25) is 0 Å². The minimum Gasteiger partial charge on any atom is -0.418 e. The molecule has 0 aliphatic rings. The van der Waals surface area contributed by atoms with Crippen molar-refractivity contribution in [3.63, 3.8) is 0 Å². The maximum atomic E-state index is 12.0. The lowest BCUT2D eigenvalue weighted by Crippen LogP contribution is -2.29. The molecule has 0 fully saturated rings. The van der Waals surface area contributed by atoms with Crippen molar-refractivity contribution < 1.29 is 30.6 Å². The Kier molecular flexibility index (Phi) is 4.69. The Hall–Kier alpha value is -1.15. The highest BCUT2D eigenvalue weighted by atomic mass is 19.5. The van der Waals surface area contributed by atoms with Crippen LogP contribution in [0.2, 0.25) is 0 Å². The topological polar surface area (TPSA) is 8.81 Å². The number of rotatable bonds is 1. The Morgan fingerprint density at radius 1 is 1.27 bits per heavy atom. The number of imidazole rings is 1. The summed E-state index contributed by atoms with van der Waals surface area (Å²) >= 11 is 0. The van der Waals surface area contributed by atoms with Crippen LogP contribution in [-0.4, -0.2) is 11.8 Å². The first kappa shape index (κ1) is 13.9. The van der Waals surface area contributed by atoms with Crippen molar-refractivity contribution in [2.24, 2.45) is 7.05 Å². The maximum absolute atomic E-state index is 12.0. The molecule has 0 saturated carbocycles. The molecule has 0 atom stereocenters. The van der Waals surface area contributed by atoms with Gasteiger partial charge < -0.3 is 17.3 Å². The Morgan fingerprint density at radius 3 is 1.80 bits per heavy atom. The Balaban J connectivity index is 0.000000336. The van der Waals surface area contributed by atoms with Gasteiger partial charge in [-0.2, -0.15) is 13.3 Å². The number of aromatic nitrogens is 2. The molecule has 0 bridgehead atoms. The molecule has 0 aliphatic heterocycles. The molecule has 0 aliphatic carbocycles. The summed E-state index contributed by atoms with van der Waals surface area (Å²) in [4.78, 5) is 0. The van der Waals surface area contributed by atoms with Crippen molar-refractivity contribution in [3.05, 3.63) is 18.2 Å². The van der Waals surface area contributed by atoms with Crippen molar-refractivity contribution in [2.75, 3.05) is 0 Å². The summed E-state index contributed by atoms with van der Waals surface area (Å²) in [6.07, 6.45) is 2.96. The highest BCUT2D eigenvalue weighted by Crippen LogP contribution is 2.09. The average Bonchev–Trinajstić information content (AvgIpc) is 2.29. The molecule has 0 aromatic carbocycles. The van der Waals surface area contributed by atoms with E-state index in [1.807, 2.05) is 0 Å². The molecule has 0 unspecified atom stereocenters. The molecule has 9 heteroatoms. The van der Waals surface area contributed by atoms with Crippen LogP contribution in [0.3, 0.4) is 0 Å². The number of alkyl halides is 2. The van der Waals surface area contributed by atoms with Crippen molar-refractivity contribution in [1.82, 2.24) is 4.57 Å². The monoisotopic (exact) mass is 234 g/mol. The van der Waals surface area contributed by atoms with Crippen LogP contribution >= 0.6 is 0 Å². The van der Waals surface area contributed by atoms with Crippen LogP contribution in [-0.2, 0) is 7.05 Å². The zero-order chi connectivity index (χ0) is 12.2. The van der Waals surface area contributed by atoms with E-state index in [9.17, 15) is 26.0 Å². The Labute approximate surface area is 82.2 Å². The summed E-state index contributed by atoms with van der Waals surface area (Å²) in [6.45, 7) is -0.784. The van der Waals surface area contributed by atoms with Gasteiger partial charge in [-0.05, 0) is 0 Å². The van der Waals surface area contributed by atoms with Gasteiger partial charge in [0.25, 0.3) is 5.82 Å². The summed E-state index contributed by atoms with van der Waals surface area (Å²) < 4.78 is 65.5. The van der Waals surface area contributed by atoms with Crippen LogP contribution in [0, 0.1) is 6.92 Å². The van der Waals surface area contributed by atoms with Gasteiger partial charge in [-0.15, -0.1) is 0 Å². The van der Waals surface area contributed by atoms with E-state index in [-0.39, 0.29) is 0 Å². The lowest BCUT2D eigenvalue weighted by molar-refractivity contribution is -0.677. The lowest BCUT2D eigenvalue weighted by Gasteiger charge is -1.94. The SMILES string of the molecule is Cc1n(C(F)F)cc[n+]1C.F[B-](F)(F)F.